The van der Waals surface area contributed by atoms with Crippen molar-refractivity contribution in [3.8, 4) is 0 Å². The average Bonchev–Trinajstić information content (AvgIpc) is 3.17. The van der Waals surface area contributed by atoms with Crippen molar-refractivity contribution >= 4 is 15.7 Å². The van der Waals surface area contributed by atoms with E-state index in [0.717, 1.165) is 30.0 Å². The third kappa shape index (κ3) is 3.60. The maximum Gasteiger partial charge on any atom is 0.276 e. The van der Waals surface area contributed by atoms with Crippen molar-refractivity contribution in [1.82, 2.24) is 4.83 Å². The Morgan fingerprint density at radius 3 is 2.52 bits per heavy atom. The fraction of sp³-hybridized carbons (Fsp3) is 0.611. The van der Waals surface area contributed by atoms with E-state index < -0.39 is 10.0 Å². The fourth-order valence-electron chi connectivity index (χ4n) is 4.15. The van der Waals surface area contributed by atoms with Gasteiger partial charge in [0.05, 0.1) is 4.90 Å². The van der Waals surface area contributed by atoms with Crippen LogP contribution in [0.3, 0.4) is 0 Å². The highest BCUT2D eigenvalue weighted by Gasteiger charge is 2.40. The van der Waals surface area contributed by atoms with E-state index in [1.165, 1.54) is 25.7 Å². The summed E-state index contributed by atoms with van der Waals surface area (Å²) in [5.41, 5.74) is 2.09. The maximum atomic E-state index is 12.4. The van der Waals surface area contributed by atoms with Crippen molar-refractivity contribution in [3.63, 3.8) is 0 Å². The third-order valence-electron chi connectivity index (χ3n) is 5.39. The number of aryl methyl sites for hydroxylation is 1. The minimum atomic E-state index is -3.57. The van der Waals surface area contributed by atoms with Crippen LogP contribution in [-0.4, -0.2) is 14.1 Å². The second kappa shape index (κ2) is 6.63. The summed E-state index contributed by atoms with van der Waals surface area (Å²) in [7, 11) is -3.57. The molecule has 2 aliphatic rings. The van der Waals surface area contributed by atoms with E-state index in [1.807, 2.05) is 19.1 Å². The first-order valence-corrected chi connectivity index (χ1v) is 10.1. The van der Waals surface area contributed by atoms with Crippen LogP contribution in [0, 0.1) is 17.8 Å². The van der Waals surface area contributed by atoms with Gasteiger partial charge in [-0.05, 0) is 62.1 Å². The average molecular weight is 334 g/mol. The second-order valence-corrected chi connectivity index (χ2v) is 8.68. The summed E-state index contributed by atoms with van der Waals surface area (Å²) in [4.78, 5) is 2.70. The summed E-state index contributed by atoms with van der Waals surface area (Å²) < 4.78 is 24.7. The van der Waals surface area contributed by atoms with Crippen molar-refractivity contribution in [1.29, 1.82) is 0 Å². The minimum Gasteiger partial charge on any atom is -0.200 e. The lowest BCUT2D eigenvalue weighted by atomic mass is 9.86. The van der Waals surface area contributed by atoms with E-state index in [1.54, 1.807) is 12.1 Å². The number of nitrogens with zero attached hydrogens (tertiary/aromatic N) is 1. The monoisotopic (exact) mass is 334 g/mol. The molecule has 0 aliphatic heterocycles. The van der Waals surface area contributed by atoms with Gasteiger partial charge in [0.2, 0.25) is 0 Å². The number of rotatable bonds is 6. The van der Waals surface area contributed by atoms with Crippen LogP contribution in [0.25, 0.3) is 0 Å². The summed E-state index contributed by atoms with van der Waals surface area (Å²) in [6.07, 6.45) is 7.10. The molecule has 4 nitrogen and oxygen atoms in total. The molecular weight excluding hydrogens is 308 g/mol. The topological polar surface area (TPSA) is 58.5 Å². The van der Waals surface area contributed by atoms with Crippen LogP contribution in [-0.2, 0) is 16.4 Å². The molecule has 2 fully saturated rings. The lowest BCUT2D eigenvalue weighted by molar-refractivity contribution is 0.413. The van der Waals surface area contributed by atoms with Gasteiger partial charge in [0.15, 0.2) is 0 Å². The zero-order chi connectivity index (χ0) is 16.4. The molecule has 1 aromatic rings. The van der Waals surface area contributed by atoms with Crippen LogP contribution in [0.2, 0.25) is 0 Å². The van der Waals surface area contributed by atoms with Crippen LogP contribution in [0.5, 0.6) is 0 Å². The number of hydrazone groups is 1. The Balaban J connectivity index is 1.67. The molecule has 2 saturated carbocycles. The van der Waals surface area contributed by atoms with Gasteiger partial charge in [0, 0.05) is 11.6 Å². The Bertz CT molecular complexity index is 679. The summed E-state index contributed by atoms with van der Waals surface area (Å²) >= 11 is 0. The van der Waals surface area contributed by atoms with Crippen LogP contribution in [0.1, 0.15) is 51.5 Å². The number of benzene rings is 1. The first-order chi connectivity index (χ1) is 11.0. The molecule has 0 amide bonds. The predicted molar refractivity (Wildman–Crippen MR) is 92.8 cm³/mol. The summed E-state index contributed by atoms with van der Waals surface area (Å²) in [6, 6.07) is 7.08. The number of fused-ring (bicyclic) bond motifs is 2. The summed E-state index contributed by atoms with van der Waals surface area (Å²) in [5, 5.41) is 4.21. The molecule has 126 valence electrons. The molecule has 23 heavy (non-hydrogen) atoms. The number of sulfonamides is 1. The van der Waals surface area contributed by atoms with Gasteiger partial charge >= 0.3 is 0 Å². The van der Waals surface area contributed by atoms with Crippen molar-refractivity contribution in [2.75, 3.05) is 0 Å². The molecule has 1 N–H and O–H groups in total. The van der Waals surface area contributed by atoms with E-state index in [0.29, 0.717) is 11.8 Å². The highest BCUT2D eigenvalue weighted by molar-refractivity contribution is 7.89. The van der Waals surface area contributed by atoms with Gasteiger partial charge in [-0.2, -0.15) is 13.5 Å². The quantitative estimate of drug-likeness (QED) is 0.636. The predicted octanol–water partition coefficient (Wildman–Crippen LogP) is 3.73. The molecule has 0 saturated heterocycles. The van der Waals surface area contributed by atoms with Gasteiger partial charge in [-0.1, -0.05) is 31.9 Å². The van der Waals surface area contributed by atoms with Gasteiger partial charge in [-0.3, -0.25) is 0 Å². The molecule has 0 spiro atoms. The Hall–Kier alpha value is -1.36. The molecule has 5 heteroatoms. The molecule has 0 radical (unpaired) electrons. The molecule has 0 aromatic heterocycles. The Labute approximate surface area is 139 Å². The highest BCUT2D eigenvalue weighted by Crippen LogP contribution is 2.48. The largest absolute Gasteiger partial charge is 0.276 e. The van der Waals surface area contributed by atoms with E-state index in [-0.39, 0.29) is 4.90 Å². The van der Waals surface area contributed by atoms with Gasteiger partial charge in [0.25, 0.3) is 10.0 Å². The zero-order valence-electron chi connectivity index (χ0n) is 14.0. The number of hydrogen-bond acceptors (Lipinski definition) is 3. The van der Waals surface area contributed by atoms with Crippen molar-refractivity contribution in [2.45, 2.75) is 57.3 Å². The van der Waals surface area contributed by atoms with Gasteiger partial charge in [-0.15, -0.1) is 0 Å². The standard InChI is InChI=1S/C18H26N2O2S/c1-3-4-14-6-9-17(10-7-14)23(21,22)20-19-13(2)18-12-15-5-8-16(18)11-15/h6-7,9-10,15-16,18,20H,3-5,8,11-12H2,1-2H3/b19-13-/t15-,16-,18-/m1/s1. The molecule has 0 heterocycles. The SMILES string of the molecule is CCCc1ccc(S(=O)(=O)N/N=C(/C)[C@H]2C[C@@H]3CC[C@@H]2C3)cc1. The minimum absolute atomic E-state index is 0.279. The summed E-state index contributed by atoms with van der Waals surface area (Å²) in [5.74, 6) is 2.00. The lowest BCUT2D eigenvalue weighted by Crippen LogP contribution is -2.24. The van der Waals surface area contributed by atoms with E-state index in [4.69, 9.17) is 0 Å². The summed E-state index contributed by atoms with van der Waals surface area (Å²) in [6.45, 7) is 4.07. The number of nitrogens with one attached hydrogen (secondary N) is 1. The van der Waals surface area contributed by atoms with E-state index in [2.05, 4.69) is 16.9 Å². The smallest absolute Gasteiger partial charge is 0.200 e. The van der Waals surface area contributed by atoms with Gasteiger partial charge in [0.1, 0.15) is 0 Å². The Morgan fingerprint density at radius 2 is 1.96 bits per heavy atom. The Morgan fingerprint density at radius 1 is 1.22 bits per heavy atom. The molecule has 1 aromatic carbocycles. The molecule has 2 bridgehead atoms. The van der Waals surface area contributed by atoms with Crippen molar-refractivity contribution in [2.24, 2.45) is 22.9 Å². The first kappa shape index (κ1) is 16.5. The van der Waals surface area contributed by atoms with Crippen LogP contribution in [0.4, 0.5) is 0 Å². The molecule has 3 atom stereocenters. The molecular formula is C18H26N2O2S. The van der Waals surface area contributed by atoms with E-state index in [9.17, 15) is 8.42 Å². The van der Waals surface area contributed by atoms with E-state index >= 15 is 0 Å². The van der Waals surface area contributed by atoms with Crippen LogP contribution in [0.15, 0.2) is 34.3 Å². The highest BCUT2D eigenvalue weighted by atomic mass is 32.2. The maximum absolute atomic E-state index is 12.4. The second-order valence-electron chi connectivity index (χ2n) is 7.02. The van der Waals surface area contributed by atoms with Crippen molar-refractivity contribution in [3.05, 3.63) is 29.8 Å². The van der Waals surface area contributed by atoms with Gasteiger partial charge in [-0.25, -0.2) is 4.83 Å². The fourth-order valence-corrected chi connectivity index (χ4v) is 5.01. The molecule has 2 aliphatic carbocycles. The molecule has 0 unspecified atom stereocenters. The normalized spacial score (nSPS) is 27.4. The van der Waals surface area contributed by atoms with Crippen LogP contribution < -0.4 is 4.83 Å². The molecule has 3 rings (SSSR count). The van der Waals surface area contributed by atoms with Gasteiger partial charge < -0.3 is 0 Å². The zero-order valence-corrected chi connectivity index (χ0v) is 14.8. The first-order valence-electron chi connectivity index (χ1n) is 8.64. The number of hydrogen-bond donors (Lipinski definition) is 1. The lowest BCUT2D eigenvalue weighted by Gasteiger charge is -2.21. The third-order valence-corrected chi connectivity index (χ3v) is 6.61. The van der Waals surface area contributed by atoms with Crippen LogP contribution >= 0.6 is 0 Å². The van der Waals surface area contributed by atoms with Crippen molar-refractivity contribution < 1.29 is 8.42 Å². The Kier molecular flexibility index (Phi) is 4.76.